The van der Waals surface area contributed by atoms with Gasteiger partial charge in [-0.05, 0) is 46.6 Å². The minimum atomic E-state index is -0.314. The summed E-state index contributed by atoms with van der Waals surface area (Å²) in [7, 11) is 0. The van der Waals surface area contributed by atoms with Crippen molar-refractivity contribution in [1.82, 2.24) is 10.2 Å². The maximum atomic E-state index is 11.9. The number of halogens is 2. The van der Waals surface area contributed by atoms with Crippen molar-refractivity contribution in [3.8, 4) is 0 Å². The van der Waals surface area contributed by atoms with Crippen LogP contribution < -0.4 is 5.32 Å². The number of hydrogen-bond acceptors (Lipinski definition) is 4. The van der Waals surface area contributed by atoms with Crippen LogP contribution in [-0.4, -0.2) is 16.1 Å². The van der Waals surface area contributed by atoms with Gasteiger partial charge in [-0.15, -0.1) is 10.2 Å². The van der Waals surface area contributed by atoms with Gasteiger partial charge in [0.1, 0.15) is 0 Å². The average Bonchev–Trinajstić information content (AvgIpc) is 2.86. The molecule has 4 nitrogen and oxygen atoms in total. The van der Waals surface area contributed by atoms with Crippen LogP contribution in [0, 0.1) is 0 Å². The number of hydrogen-bond donors (Lipinski definition) is 1. The van der Waals surface area contributed by atoms with Crippen molar-refractivity contribution >= 4 is 61.2 Å². The number of carbonyl (C=O) groups excluding carboxylic acids is 1. The van der Waals surface area contributed by atoms with Crippen molar-refractivity contribution in [3.05, 3.63) is 50.3 Å². The zero-order valence-corrected chi connectivity index (χ0v) is 13.1. The predicted molar refractivity (Wildman–Crippen MR) is 84.5 cm³/mol. The lowest BCUT2D eigenvalue weighted by Gasteiger charge is -2.05. The molecule has 20 heavy (non-hydrogen) atoms. The van der Waals surface area contributed by atoms with E-state index in [4.69, 9.17) is 11.6 Å². The van der Waals surface area contributed by atoms with Crippen LogP contribution in [0.25, 0.3) is 10.8 Å². The Kier molecular flexibility index (Phi) is 3.69. The molecule has 3 rings (SSSR count). The molecule has 0 aliphatic carbocycles. The summed E-state index contributed by atoms with van der Waals surface area (Å²) in [4.78, 5) is 11.9. The molecule has 1 N–H and O–H groups in total. The van der Waals surface area contributed by atoms with Gasteiger partial charge in [0.2, 0.25) is 9.47 Å². The van der Waals surface area contributed by atoms with Gasteiger partial charge in [0.15, 0.2) is 0 Å². The Balaban J connectivity index is 1.87. The van der Waals surface area contributed by atoms with E-state index < -0.39 is 0 Å². The molecule has 0 saturated heterocycles. The molecule has 0 aliphatic rings. The summed E-state index contributed by atoms with van der Waals surface area (Å²) in [5.41, 5.74) is 0.705. The Morgan fingerprint density at radius 1 is 1.15 bits per heavy atom. The number of amides is 1. The highest BCUT2D eigenvalue weighted by atomic mass is 79.9. The van der Waals surface area contributed by atoms with E-state index in [2.05, 4.69) is 31.4 Å². The minimum absolute atomic E-state index is 0.242. The summed E-state index contributed by atoms with van der Waals surface area (Å²) in [5, 5.41) is 12.5. The molecule has 100 valence electrons. The summed E-state index contributed by atoms with van der Waals surface area (Å²) in [5.74, 6) is -0.314. The molecule has 0 spiro atoms. The van der Waals surface area contributed by atoms with Gasteiger partial charge in [-0.3, -0.25) is 4.79 Å². The molecule has 1 amide bonds. The number of nitrogens with zero attached hydrogens (tertiary/aromatic N) is 2. The molecule has 0 fully saturated rings. The van der Waals surface area contributed by atoms with Gasteiger partial charge in [0.05, 0.1) is 0 Å². The van der Waals surface area contributed by atoms with E-state index in [9.17, 15) is 4.79 Å². The van der Waals surface area contributed by atoms with Crippen LogP contribution in [0.1, 0.15) is 9.80 Å². The molecule has 0 unspecified atom stereocenters. The predicted octanol–water partition coefficient (Wildman–Crippen LogP) is 4.36. The first-order chi connectivity index (χ1) is 9.61. The standard InChI is InChI=1S/C13H7BrClN3OS/c14-9-3-1-8-6-10(4-2-7(8)5-9)16-11(19)12-17-18-13(15)20-12/h1-6H,(H,16,19). The van der Waals surface area contributed by atoms with Crippen molar-refractivity contribution < 1.29 is 4.79 Å². The van der Waals surface area contributed by atoms with Gasteiger partial charge >= 0.3 is 0 Å². The number of rotatable bonds is 2. The van der Waals surface area contributed by atoms with E-state index in [1.165, 1.54) is 0 Å². The lowest BCUT2D eigenvalue weighted by Crippen LogP contribution is -2.11. The maximum absolute atomic E-state index is 11.9. The maximum Gasteiger partial charge on any atom is 0.286 e. The van der Waals surface area contributed by atoms with Crippen molar-refractivity contribution in [2.75, 3.05) is 5.32 Å². The average molecular weight is 369 g/mol. The number of anilines is 1. The van der Waals surface area contributed by atoms with E-state index in [0.29, 0.717) is 5.69 Å². The van der Waals surface area contributed by atoms with Crippen LogP contribution >= 0.6 is 38.9 Å². The summed E-state index contributed by atoms with van der Waals surface area (Å²) in [6, 6.07) is 11.7. The van der Waals surface area contributed by atoms with Gasteiger partial charge in [-0.25, -0.2) is 0 Å². The lowest BCUT2D eigenvalue weighted by molar-refractivity contribution is 0.102. The van der Waals surface area contributed by atoms with Crippen LogP contribution in [0.2, 0.25) is 4.47 Å². The zero-order valence-electron chi connectivity index (χ0n) is 9.93. The fourth-order valence-electron chi connectivity index (χ4n) is 1.78. The second-order valence-corrected chi connectivity index (χ2v) is 6.50. The smallest absolute Gasteiger partial charge is 0.286 e. The summed E-state index contributed by atoms with van der Waals surface area (Å²) in [6.45, 7) is 0. The highest BCUT2D eigenvalue weighted by Crippen LogP contribution is 2.23. The van der Waals surface area contributed by atoms with Gasteiger partial charge < -0.3 is 5.32 Å². The first-order valence-corrected chi connectivity index (χ1v) is 7.60. The van der Waals surface area contributed by atoms with Crippen LogP contribution in [0.5, 0.6) is 0 Å². The Hall–Kier alpha value is -1.50. The van der Waals surface area contributed by atoms with Crippen LogP contribution in [-0.2, 0) is 0 Å². The topological polar surface area (TPSA) is 54.9 Å². The molecule has 0 radical (unpaired) electrons. The molecule has 0 aliphatic heterocycles. The Morgan fingerprint density at radius 2 is 1.90 bits per heavy atom. The van der Waals surface area contributed by atoms with E-state index in [0.717, 1.165) is 26.6 Å². The third-order valence-electron chi connectivity index (χ3n) is 2.65. The van der Waals surface area contributed by atoms with Crippen molar-refractivity contribution in [2.24, 2.45) is 0 Å². The van der Waals surface area contributed by atoms with E-state index in [-0.39, 0.29) is 15.4 Å². The molecule has 2 aromatic carbocycles. The van der Waals surface area contributed by atoms with E-state index in [1.54, 1.807) is 0 Å². The Labute approximate surface area is 131 Å². The lowest BCUT2D eigenvalue weighted by atomic mass is 10.1. The largest absolute Gasteiger partial charge is 0.320 e. The number of aromatic nitrogens is 2. The molecule has 1 heterocycles. The SMILES string of the molecule is O=C(Nc1ccc2cc(Br)ccc2c1)c1nnc(Cl)s1. The van der Waals surface area contributed by atoms with Gasteiger partial charge in [-0.1, -0.05) is 39.4 Å². The number of carbonyl (C=O) groups is 1. The van der Waals surface area contributed by atoms with Crippen molar-refractivity contribution in [1.29, 1.82) is 0 Å². The van der Waals surface area contributed by atoms with Gasteiger partial charge in [-0.2, -0.15) is 0 Å². The normalized spacial score (nSPS) is 10.7. The molecular weight excluding hydrogens is 362 g/mol. The summed E-state index contributed by atoms with van der Waals surface area (Å²) >= 11 is 10.1. The fraction of sp³-hybridized carbons (Fsp3) is 0. The molecule has 0 atom stereocenters. The zero-order chi connectivity index (χ0) is 14.1. The fourth-order valence-corrected chi connectivity index (χ4v) is 2.88. The third kappa shape index (κ3) is 2.82. The minimum Gasteiger partial charge on any atom is -0.320 e. The molecule has 7 heteroatoms. The van der Waals surface area contributed by atoms with E-state index in [1.807, 2.05) is 36.4 Å². The summed E-state index contributed by atoms with van der Waals surface area (Å²) in [6.07, 6.45) is 0. The van der Waals surface area contributed by atoms with Crippen LogP contribution in [0.15, 0.2) is 40.9 Å². The molecule has 0 saturated carbocycles. The quantitative estimate of drug-likeness (QED) is 0.731. The molecule has 0 bridgehead atoms. The highest BCUT2D eigenvalue weighted by molar-refractivity contribution is 9.10. The second-order valence-electron chi connectivity index (χ2n) is 4.02. The Bertz CT molecular complexity index is 805. The van der Waals surface area contributed by atoms with Crippen molar-refractivity contribution in [3.63, 3.8) is 0 Å². The molecule has 3 aromatic rings. The second kappa shape index (κ2) is 5.47. The van der Waals surface area contributed by atoms with Crippen LogP contribution in [0.3, 0.4) is 0 Å². The summed E-state index contributed by atoms with van der Waals surface area (Å²) < 4.78 is 1.27. The molecular formula is C13H7BrClN3OS. The van der Waals surface area contributed by atoms with Crippen LogP contribution in [0.4, 0.5) is 5.69 Å². The first kappa shape index (κ1) is 13.5. The van der Waals surface area contributed by atoms with Gasteiger partial charge in [0.25, 0.3) is 5.91 Å². The Morgan fingerprint density at radius 3 is 2.65 bits per heavy atom. The highest BCUT2D eigenvalue weighted by Gasteiger charge is 2.12. The third-order valence-corrected chi connectivity index (χ3v) is 4.17. The van der Waals surface area contributed by atoms with E-state index >= 15 is 0 Å². The van der Waals surface area contributed by atoms with Gasteiger partial charge in [0, 0.05) is 10.2 Å². The first-order valence-electron chi connectivity index (χ1n) is 5.61. The number of benzene rings is 2. The number of fused-ring (bicyclic) bond motifs is 1. The monoisotopic (exact) mass is 367 g/mol. The number of nitrogens with one attached hydrogen (secondary N) is 1. The van der Waals surface area contributed by atoms with Crippen molar-refractivity contribution in [2.45, 2.75) is 0 Å². The molecule has 1 aromatic heterocycles.